The SMILES string of the molecule is COc1cc(Br)c(CNc2cccc(Br)c2C)cc1OC. The van der Waals surface area contributed by atoms with Gasteiger partial charge in [-0.2, -0.15) is 0 Å². The zero-order chi connectivity index (χ0) is 15.4. The number of hydrogen-bond acceptors (Lipinski definition) is 3. The maximum atomic E-state index is 5.35. The summed E-state index contributed by atoms with van der Waals surface area (Å²) in [4.78, 5) is 0. The molecule has 0 unspecified atom stereocenters. The van der Waals surface area contributed by atoms with Crippen LogP contribution in [0, 0.1) is 6.92 Å². The molecule has 0 bridgehead atoms. The van der Waals surface area contributed by atoms with E-state index in [2.05, 4.69) is 50.2 Å². The number of hydrogen-bond donors (Lipinski definition) is 1. The molecule has 0 fully saturated rings. The summed E-state index contributed by atoms with van der Waals surface area (Å²) in [5.41, 5.74) is 3.40. The Labute approximate surface area is 141 Å². The van der Waals surface area contributed by atoms with Crippen molar-refractivity contribution in [3.8, 4) is 11.5 Å². The van der Waals surface area contributed by atoms with Crippen LogP contribution in [0.4, 0.5) is 5.69 Å². The Morgan fingerprint density at radius 2 is 1.67 bits per heavy atom. The van der Waals surface area contributed by atoms with Gasteiger partial charge in [0.25, 0.3) is 0 Å². The number of rotatable bonds is 5. The molecular formula is C16H17Br2NO2. The van der Waals surface area contributed by atoms with Crippen LogP contribution in [0.25, 0.3) is 0 Å². The van der Waals surface area contributed by atoms with Gasteiger partial charge in [0.1, 0.15) is 0 Å². The second-order valence-corrected chi connectivity index (χ2v) is 6.27. The highest BCUT2D eigenvalue weighted by Gasteiger charge is 2.10. The van der Waals surface area contributed by atoms with E-state index in [9.17, 15) is 0 Å². The minimum Gasteiger partial charge on any atom is -0.493 e. The molecule has 2 aromatic rings. The van der Waals surface area contributed by atoms with Gasteiger partial charge in [0.2, 0.25) is 0 Å². The molecule has 0 saturated carbocycles. The van der Waals surface area contributed by atoms with E-state index < -0.39 is 0 Å². The Hall–Kier alpha value is -1.20. The van der Waals surface area contributed by atoms with Crippen LogP contribution in [0.2, 0.25) is 0 Å². The molecule has 0 spiro atoms. The summed E-state index contributed by atoms with van der Waals surface area (Å²) in [6.45, 7) is 2.77. The van der Waals surface area contributed by atoms with Gasteiger partial charge < -0.3 is 14.8 Å². The highest BCUT2D eigenvalue weighted by molar-refractivity contribution is 9.10. The van der Waals surface area contributed by atoms with Gasteiger partial charge in [-0.25, -0.2) is 0 Å². The molecule has 5 heteroatoms. The number of halogens is 2. The van der Waals surface area contributed by atoms with E-state index in [4.69, 9.17) is 9.47 Å². The predicted molar refractivity (Wildman–Crippen MR) is 93.5 cm³/mol. The van der Waals surface area contributed by atoms with Gasteiger partial charge in [-0.05, 0) is 42.3 Å². The van der Waals surface area contributed by atoms with E-state index in [0.29, 0.717) is 12.3 Å². The zero-order valence-corrected chi connectivity index (χ0v) is 15.3. The Balaban J connectivity index is 2.22. The maximum absolute atomic E-state index is 5.35. The maximum Gasteiger partial charge on any atom is 0.161 e. The van der Waals surface area contributed by atoms with Gasteiger partial charge in [0, 0.05) is 21.2 Å². The first kappa shape index (κ1) is 16.2. The van der Waals surface area contributed by atoms with Crippen molar-refractivity contribution in [3.63, 3.8) is 0 Å². The average Bonchev–Trinajstić information content (AvgIpc) is 2.49. The molecular weight excluding hydrogens is 398 g/mol. The van der Waals surface area contributed by atoms with E-state index in [1.54, 1.807) is 14.2 Å². The summed E-state index contributed by atoms with van der Waals surface area (Å²) < 4.78 is 12.7. The molecule has 0 atom stereocenters. The fraction of sp³-hybridized carbons (Fsp3) is 0.250. The Kier molecular flexibility index (Phi) is 5.53. The van der Waals surface area contributed by atoms with Crippen molar-refractivity contribution in [1.82, 2.24) is 0 Å². The van der Waals surface area contributed by atoms with Crippen LogP contribution in [0.1, 0.15) is 11.1 Å². The largest absolute Gasteiger partial charge is 0.493 e. The van der Waals surface area contributed by atoms with Crippen LogP contribution in [0.5, 0.6) is 11.5 Å². The van der Waals surface area contributed by atoms with E-state index in [-0.39, 0.29) is 0 Å². The van der Waals surface area contributed by atoms with Crippen molar-refractivity contribution in [2.24, 2.45) is 0 Å². The molecule has 0 radical (unpaired) electrons. The number of benzene rings is 2. The van der Waals surface area contributed by atoms with Crippen LogP contribution in [-0.2, 0) is 6.54 Å². The van der Waals surface area contributed by atoms with Crippen molar-refractivity contribution >= 4 is 37.5 Å². The second kappa shape index (κ2) is 7.18. The fourth-order valence-corrected chi connectivity index (χ4v) is 2.85. The first-order chi connectivity index (χ1) is 10.1. The summed E-state index contributed by atoms with van der Waals surface area (Å²) in [6.07, 6.45) is 0. The third kappa shape index (κ3) is 3.71. The number of ether oxygens (including phenoxy) is 2. The summed E-state index contributed by atoms with van der Waals surface area (Å²) in [5, 5.41) is 3.44. The highest BCUT2D eigenvalue weighted by atomic mass is 79.9. The van der Waals surface area contributed by atoms with Crippen LogP contribution >= 0.6 is 31.9 Å². The number of nitrogens with one attached hydrogen (secondary N) is 1. The van der Waals surface area contributed by atoms with Crippen molar-refractivity contribution in [2.45, 2.75) is 13.5 Å². The third-order valence-electron chi connectivity index (χ3n) is 3.29. The van der Waals surface area contributed by atoms with Gasteiger partial charge in [0.05, 0.1) is 14.2 Å². The molecule has 21 heavy (non-hydrogen) atoms. The molecule has 0 aliphatic heterocycles. The van der Waals surface area contributed by atoms with Crippen molar-refractivity contribution in [3.05, 3.63) is 50.4 Å². The molecule has 0 saturated heterocycles. The Morgan fingerprint density at radius 1 is 1.00 bits per heavy atom. The quantitative estimate of drug-likeness (QED) is 0.733. The molecule has 0 aliphatic carbocycles. The highest BCUT2D eigenvalue weighted by Crippen LogP contribution is 2.34. The fourth-order valence-electron chi connectivity index (χ4n) is 2.02. The van der Waals surface area contributed by atoms with E-state index in [0.717, 1.165) is 25.9 Å². The van der Waals surface area contributed by atoms with Gasteiger partial charge in [-0.15, -0.1) is 0 Å². The predicted octanol–water partition coefficient (Wildman–Crippen LogP) is 5.15. The minimum atomic E-state index is 0.693. The van der Waals surface area contributed by atoms with Gasteiger partial charge in [-0.1, -0.05) is 37.9 Å². The molecule has 0 amide bonds. The lowest BCUT2D eigenvalue weighted by atomic mass is 10.1. The van der Waals surface area contributed by atoms with Gasteiger partial charge >= 0.3 is 0 Å². The normalized spacial score (nSPS) is 10.3. The van der Waals surface area contributed by atoms with Crippen molar-refractivity contribution in [2.75, 3.05) is 19.5 Å². The molecule has 0 heterocycles. The summed E-state index contributed by atoms with van der Waals surface area (Å²) in [7, 11) is 3.27. The summed E-state index contributed by atoms with van der Waals surface area (Å²) >= 11 is 7.12. The standard InChI is InChI=1S/C16H17Br2NO2/c1-10-12(17)5-4-6-14(10)19-9-11-7-15(20-2)16(21-3)8-13(11)18/h4-8,19H,9H2,1-3H3. The number of anilines is 1. The van der Waals surface area contributed by atoms with Crippen LogP contribution < -0.4 is 14.8 Å². The lowest BCUT2D eigenvalue weighted by Crippen LogP contribution is -2.03. The topological polar surface area (TPSA) is 30.5 Å². The monoisotopic (exact) mass is 413 g/mol. The Morgan fingerprint density at radius 3 is 2.33 bits per heavy atom. The molecule has 0 aliphatic rings. The second-order valence-electron chi connectivity index (χ2n) is 4.56. The smallest absolute Gasteiger partial charge is 0.161 e. The lowest BCUT2D eigenvalue weighted by Gasteiger charge is -2.14. The number of methoxy groups -OCH3 is 2. The molecule has 2 aromatic carbocycles. The summed E-state index contributed by atoms with van der Waals surface area (Å²) in [6, 6.07) is 10.0. The minimum absolute atomic E-state index is 0.693. The zero-order valence-electron chi connectivity index (χ0n) is 12.2. The van der Waals surface area contributed by atoms with Crippen molar-refractivity contribution in [1.29, 1.82) is 0 Å². The molecule has 0 aromatic heterocycles. The van der Waals surface area contributed by atoms with Crippen LogP contribution in [0.3, 0.4) is 0 Å². The van der Waals surface area contributed by atoms with Crippen LogP contribution in [0.15, 0.2) is 39.3 Å². The molecule has 3 nitrogen and oxygen atoms in total. The van der Waals surface area contributed by atoms with Gasteiger partial charge in [-0.3, -0.25) is 0 Å². The lowest BCUT2D eigenvalue weighted by molar-refractivity contribution is 0.354. The molecule has 1 N–H and O–H groups in total. The first-order valence-corrected chi connectivity index (χ1v) is 8.04. The van der Waals surface area contributed by atoms with Gasteiger partial charge in [0.15, 0.2) is 11.5 Å². The molecule has 2 rings (SSSR count). The van der Waals surface area contributed by atoms with Crippen molar-refractivity contribution < 1.29 is 9.47 Å². The molecule has 112 valence electrons. The first-order valence-electron chi connectivity index (χ1n) is 6.46. The van der Waals surface area contributed by atoms with E-state index in [1.807, 2.05) is 24.3 Å². The van der Waals surface area contributed by atoms with E-state index in [1.165, 1.54) is 5.56 Å². The average molecular weight is 415 g/mol. The Bertz CT molecular complexity index is 644. The third-order valence-corrected chi connectivity index (χ3v) is 4.89. The van der Waals surface area contributed by atoms with E-state index >= 15 is 0 Å². The summed E-state index contributed by atoms with van der Waals surface area (Å²) in [5.74, 6) is 1.44. The van der Waals surface area contributed by atoms with Crippen LogP contribution in [-0.4, -0.2) is 14.2 Å².